The molecule has 3 aliphatic heterocycles. The Balaban J connectivity index is 0.00000442. The number of amides is 3. The third-order valence-corrected chi connectivity index (χ3v) is 20.4. The van der Waals surface area contributed by atoms with Crippen molar-refractivity contribution in [2.24, 2.45) is 0 Å². The molecular weight excluding hydrogens is 1370 g/mol. The summed E-state index contributed by atoms with van der Waals surface area (Å²) >= 11 is 0. The van der Waals surface area contributed by atoms with Crippen LogP contribution in [0.25, 0.3) is 27.1 Å². The van der Waals surface area contributed by atoms with Gasteiger partial charge in [-0.2, -0.15) is 4.58 Å². The van der Waals surface area contributed by atoms with Crippen molar-refractivity contribution in [3.63, 3.8) is 0 Å². The standard InChI is InChI=1S/C56H62N4O21S6.5Na/c1-55(2)48(58(25-8-28-82(64,65)66)44-18-16-40-42(53(44)55)31-38(84(70,71)72)33-46(40)86(76,77)78)20-14-36(37-12-7-11-35(30-37)10-5-6-13-50(61)57-24-27-60-51(62)22-23-52(60)63)15-21-49-56(3,4)54-43-32-39(85(73,74)75)34-47(87(79,80)81)41(43)17-19-45(54)59(49)26-9-29-83(67,68)69;;;;;/h7,11-12,14-21,30-34H,5-6,8-10,13,22-29H2,1-4H3,(H6-,57,61,64,65,66,67,68,69,70,71,72,73,74,75,76,77,78,79,80,81);;;;;/q;5*+1/p-5. The first-order chi connectivity index (χ1) is 40.2. The van der Waals surface area contributed by atoms with Gasteiger partial charge in [-0.15, -0.1) is 0 Å². The number of hydrogen-bond donors (Lipinski definition) is 1. The number of rotatable bonds is 24. The third-order valence-electron chi connectivity index (χ3n) is 15.5. The van der Waals surface area contributed by atoms with Crippen LogP contribution in [0.5, 0.6) is 0 Å². The van der Waals surface area contributed by atoms with Gasteiger partial charge in [0.1, 0.15) is 47.0 Å². The summed E-state index contributed by atoms with van der Waals surface area (Å²) in [5, 5.41) is 1.98. The van der Waals surface area contributed by atoms with Crippen molar-refractivity contribution in [3.8, 4) is 0 Å². The number of nitrogens with zero attached hydrogens (tertiary/aromatic N) is 3. The molecule has 0 aromatic heterocycles. The van der Waals surface area contributed by atoms with Crippen molar-refractivity contribution in [1.29, 1.82) is 0 Å². The second-order valence-electron chi connectivity index (χ2n) is 22.1. The minimum atomic E-state index is -5.44. The summed E-state index contributed by atoms with van der Waals surface area (Å²) in [4.78, 5) is 35.4. The van der Waals surface area contributed by atoms with Gasteiger partial charge in [0.2, 0.25) is 23.4 Å². The largest absolute Gasteiger partial charge is 1.00 e. The zero-order valence-electron chi connectivity index (χ0n) is 52.0. The molecule has 0 spiro atoms. The molecule has 8 rings (SSSR count). The molecule has 92 heavy (non-hydrogen) atoms. The van der Waals surface area contributed by atoms with Crippen LogP contribution < -0.4 is 158 Å². The van der Waals surface area contributed by atoms with Gasteiger partial charge in [-0.3, -0.25) is 19.3 Å². The molecule has 1 fully saturated rings. The second-order valence-corrected chi connectivity index (χ2v) is 30.6. The summed E-state index contributed by atoms with van der Waals surface area (Å²) in [6, 6.07) is 15.2. The van der Waals surface area contributed by atoms with E-state index in [-0.39, 0.29) is 268 Å². The van der Waals surface area contributed by atoms with Crippen LogP contribution in [0, 0.1) is 0 Å². The van der Waals surface area contributed by atoms with E-state index in [2.05, 4.69) is 5.32 Å². The molecule has 36 heteroatoms. The van der Waals surface area contributed by atoms with Crippen molar-refractivity contribution < 1.29 is 245 Å². The van der Waals surface area contributed by atoms with Gasteiger partial charge in [0.25, 0.3) is 0 Å². The normalized spacial score (nSPS) is 16.2. The number of allylic oxidation sites excluding steroid dienone is 6. The predicted molar refractivity (Wildman–Crippen MR) is 309 cm³/mol. The summed E-state index contributed by atoms with van der Waals surface area (Å²) in [6.45, 7) is 6.34. The van der Waals surface area contributed by atoms with Gasteiger partial charge >= 0.3 is 148 Å². The Bertz CT molecular complexity index is 4580. The number of hydrogen-bond acceptors (Lipinski definition) is 22. The summed E-state index contributed by atoms with van der Waals surface area (Å²) < 4.78 is 225. The number of carbonyl (C=O) groups excluding carboxylic acids is 3. The Kier molecular flexibility index (Phi) is 30.0. The number of anilines is 1. The predicted octanol–water partition coefficient (Wildman–Crippen LogP) is -10.8. The molecule has 468 valence electrons. The van der Waals surface area contributed by atoms with E-state index >= 15 is 0 Å². The van der Waals surface area contributed by atoms with Crippen molar-refractivity contribution in [1.82, 2.24) is 10.2 Å². The van der Waals surface area contributed by atoms with E-state index in [4.69, 9.17) is 0 Å². The number of imide groups is 1. The first-order valence-electron chi connectivity index (χ1n) is 26.8. The van der Waals surface area contributed by atoms with Crippen LogP contribution in [0.4, 0.5) is 11.4 Å². The SMILES string of the molecule is CC1(C)C(/C=C/C(=C/C=C2/N(CCCS(=O)(=O)[O-])c3ccc4c(S(=O)(=O)[O-])cc(S(=O)(=O)[O-])cc4c3C2(C)C)c2cccc(CCCCC(=O)NCCN3C(=O)CCC3=O)c2)=[N+](CCCS(=O)(=O)[O-])c2ccc3c(S(=O)(=O)[O-])cc(S(=O)(=O)[O-])cc3c21.[Na+].[Na+].[Na+].[Na+].[Na+]. The fraction of sp³-hybridized carbons (Fsp3) is 0.357. The number of carbonyl (C=O) groups is 3. The Labute approximate surface area is 645 Å². The van der Waals surface area contributed by atoms with Crippen LogP contribution in [0.15, 0.2) is 122 Å². The minimum Gasteiger partial charge on any atom is -0.748 e. The van der Waals surface area contributed by atoms with E-state index in [1.54, 1.807) is 73.6 Å². The minimum absolute atomic E-state index is 0. The fourth-order valence-corrected chi connectivity index (χ4v) is 15.2. The maximum atomic E-state index is 12.8. The van der Waals surface area contributed by atoms with Crippen LogP contribution in [-0.2, 0) is 92.3 Å². The molecule has 5 aromatic rings. The molecule has 0 aliphatic carbocycles. The van der Waals surface area contributed by atoms with Gasteiger partial charge in [0.15, 0.2) is 5.71 Å². The Morgan fingerprint density at radius 1 is 0.587 bits per heavy atom. The molecular formula is C56H57N4Na5O21S6. The molecule has 3 heterocycles. The van der Waals surface area contributed by atoms with Gasteiger partial charge in [-0.1, -0.05) is 50.3 Å². The number of aryl methyl sites for hydroxylation is 1. The molecule has 1 N–H and O–H groups in total. The average Bonchev–Trinajstić information content (AvgIpc) is 1.54. The van der Waals surface area contributed by atoms with Gasteiger partial charge in [-0.25, -0.2) is 50.5 Å². The molecule has 0 unspecified atom stereocenters. The zero-order chi connectivity index (χ0) is 64.2. The van der Waals surface area contributed by atoms with Crippen molar-refractivity contribution >= 4 is 123 Å². The van der Waals surface area contributed by atoms with Crippen molar-refractivity contribution in [2.45, 2.75) is 109 Å². The summed E-state index contributed by atoms with van der Waals surface area (Å²) in [7, 11) is -31.3. The first-order valence-corrected chi connectivity index (χ1v) is 35.6. The van der Waals surface area contributed by atoms with Gasteiger partial charge in [0.05, 0.1) is 45.2 Å². The fourth-order valence-electron chi connectivity index (χ4n) is 11.6. The molecule has 1 saturated heterocycles. The number of nitrogens with one attached hydrogen (secondary N) is 1. The van der Waals surface area contributed by atoms with E-state index in [0.717, 1.165) is 22.6 Å². The first kappa shape index (κ1) is 84.6. The van der Waals surface area contributed by atoms with Crippen LogP contribution in [0.1, 0.15) is 94.9 Å². The molecule has 3 aliphatic rings. The molecule has 0 radical (unpaired) electrons. The monoisotopic (exact) mass is 1430 g/mol. The zero-order valence-corrected chi connectivity index (χ0v) is 66.9. The quantitative estimate of drug-likeness (QED) is 0.0150. The molecule has 25 nitrogen and oxygen atoms in total. The van der Waals surface area contributed by atoms with E-state index in [0.29, 0.717) is 53.9 Å². The maximum Gasteiger partial charge on any atom is 1.00 e. The third kappa shape index (κ3) is 19.8. The molecule has 3 amide bonds. The van der Waals surface area contributed by atoms with Crippen molar-refractivity contribution in [3.05, 3.63) is 125 Å². The van der Waals surface area contributed by atoms with Crippen LogP contribution in [0.3, 0.4) is 0 Å². The second kappa shape index (κ2) is 32.6. The summed E-state index contributed by atoms with van der Waals surface area (Å²) in [5.41, 5.74) is 0.526. The molecule has 0 atom stereocenters. The summed E-state index contributed by atoms with van der Waals surface area (Å²) in [5.74, 6) is -2.60. The number of likely N-dealkylation sites (tertiary alicyclic amines) is 1. The molecule has 5 aromatic carbocycles. The van der Waals surface area contributed by atoms with E-state index in [1.807, 2.05) is 12.1 Å². The number of fused-ring (bicyclic) bond motifs is 6. The Morgan fingerprint density at radius 2 is 1.12 bits per heavy atom. The van der Waals surface area contributed by atoms with Crippen LogP contribution in [-0.4, -0.2) is 148 Å². The van der Waals surface area contributed by atoms with Crippen LogP contribution >= 0.6 is 0 Å². The van der Waals surface area contributed by atoms with E-state index in [1.165, 1.54) is 24.3 Å². The molecule has 0 bridgehead atoms. The van der Waals surface area contributed by atoms with Crippen molar-refractivity contribution in [2.75, 3.05) is 42.6 Å². The van der Waals surface area contributed by atoms with Gasteiger partial charge in [-0.05, 0) is 127 Å². The number of benzene rings is 5. The van der Waals surface area contributed by atoms with E-state index < -0.39 is 103 Å². The Morgan fingerprint density at radius 3 is 1.65 bits per heavy atom. The molecule has 0 saturated carbocycles. The van der Waals surface area contributed by atoms with Gasteiger partial charge in [0, 0.05) is 96.7 Å². The van der Waals surface area contributed by atoms with Gasteiger partial charge < -0.3 is 37.5 Å². The average molecular weight is 1430 g/mol. The number of unbranched alkanes of at least 4 members (excludes halogenated alkanes) is 1. The smallest absolute Gasteiger partial charge is 0.748 e. The Hall–Kier alpha value is -1.62. The maximum absolute atomic E-state index is 12.8. The van der Waals surface area contributed by atoms with Crippen LogP contribution in [0.2, 0.25) is 0 Å². The summed E-state index contributed by atoms with van der Waals surface area (Å²) in [6.07, 6.45) is 7.60. The topological polar surface area (TPSA) is 416 Å². The van der Waals surface area contributed by atoms with E-state index in [9.17, 15) is 92.2 Å².